The fourth-order valence-electron chi connectivity index (χ4n) is 1.79. The van der Waals surface area contributed by atoms with Crippen molar-refractivity contribution in [1.82, 2.24) is 9.78 Å². The topological polar surface area (TPSA) is 69.0 Å². The van der Waals surface area contributed by atoms with Crippen molar-refractivity contribution in [3.8, 4) is 11.3 Å². The van der Waals surface area contributed by atoms with Gasteiger partial charge in [-0.3, -0.25) is 9.48 Å². The molecule has 0 bridgehead atoms. The van der Waals surface area contributed by atoms with Crippen molar-refractivity contribution in [2.24, 2.45) is 0 Å². The van der Waals surface area contributed by atoms with Crippen LogP contribution in [0.1, 0.15) is 17.4 Å². The second kappa shape index (κ2) is 4.97. The molecule has 0 aliphatic rings. The molecule has 1 aromatic carbocycles. The Kier molecular flexibility index (Phi) is 3.53. The summed E-state index contributed by atoms with van der Waals surface area (Å²) in [5.74, 6) is 0. The van der Waals surface area contributed by atoms with E-state index in [1.165, 1.54) is 12.1 Å². The van der Waals surface area contributed by atoms with Gasteiger partial charge in [0.2, 0.25) is 0 Å². The molecular weight excluding hydrogens is 264 g/mol. The van der Waals surface area contributed by atoms with Gasteiger partial charge in [0.15, 0.2) is 16.1 Å². The van der Waals surface area contributed by atoms with Crippen LogP contribution in [0, 0.1) is 0 Å². The largest absolute Gasteiger partial charge is 0.296 e. The highest BCUT2D eigenvalue weighted by molar-refractivity contribution is 7.90. The van der Waals surface area contributed by atoms with E-state index >= 15 is 0 Å². The summed E-state index contributed by atoms with van der Waals surface area (Å²) in [6, 6.07) is 8.14. The zero-order valence-corrected chi connectivity index (χ0v) is 11.5. The first-order chi connectivity index (χ1) is 8.95. The van der Waals surface area contributed by atoms with Crippen LogP contribution in [0.3, 0.4) is 0 Å². The highest BCUT2D eigenvalue weighted by Gasteiger charge is 2.10. The highest BCUT2D eigenvalue weighted by atomic mass is 32.2. The van der Waals surface area contributed by atoms with Crippen LogP contribution in [0.2, 0.25) is 0 Å². The first-order valence-corrected chi connectivity index (χ1v) is 7.68. The molecule has 5 nitrogen and oxygen atoms in total. The Morgan fingerprint density at radius 1 is 1.26 bits per heavy atom. The van der Waals surface area contributed by atoms with Crippen molar-refractivity contribution in [2.75, 3.05) is 6.26 Å². The monoisotopic (exact) mass is 278 g/mol. The second-order valence-electron chi connectivity index (χ2n) is 4.18. The van der Waals surface area contributed by atoms with Crippen molar-refractivity contribution >= 4 is 16.1 Å². The van der Waals surface area contributed by atoms with Crippen molar-refractivity contribution in [3.05, 3.63) is 36.0 Å². The number of rotatable bonds is 4. The van der Waals surface area contributed by atoms with Gasteiger partial charge in [0.1, 0.15) is 5.69 Å². The van der Waals surface area contributed by atoms with Gasteiger partial charge >= 0.3 is 0 Å². The average Bonchev–Trinajstić information content (AvgIpc) is 2.81. The van der Waals surface area contributed by atoms with E-state index in [-0.39, 0.29) is 4.90 Å². The summed E-state index contributed by atoms with van der Waals surface area (Å²) in [5, 5.41) is 4.30. The molecule has 0 N–H and O–H groups in total. The molecule has 0 fully saturated rings. The van der Waals surface area contributed by atoms with Gasteiger partial charge in [-0.2, -0.15) is 5.10 Å². The van der Waals surface area contributed by atoms with Gasteiger partial charge in [-0.25, -0.2) is 8.42 Å². The Bertz CT molecular complexity index is 700. The lowest BCUT2D eigenvalue weighted by atomic mass is 10.1. The summed E-state index contributed by atoms with van der Waals surface area (Å²) in [4.78, 5) is 11.1. The number of aryl methyl sites for hydroxylation is 1. The fourth-order valence-corrected chi connectivity index (χ4v) is 2.42. The van der Waals surface area contributed by atoms with E-state index in [9.17, 15) is 13.2 Å². The highest BCUT2D eigenvalue weighted by Crippen LogP contribution is 2.20. The quantitative estimate of drug-likeness (QED) is 0.799. The summed E-state index contributed by atoms with van der Waals surface area (Å²) in [6.45, 7) is 2.51. The average molecular weight is 278 g/mol. The predicted molar refractivity (Wildman–Crippen MR) is 71.8 cm³/mol. The van der Waals surface area contributed by atoms with Gasteiger partial charge in [0.05, 0.1) is 10.6 Å². The predicted octanol–water partition coefficient (Wildman–Crippen LogP) is 1.79. The van der Waals surface area contributed by atoms with Crippen molar-refractivity contribution in [3.63, 3.8) is 0 Å². The maximum Gasteiger partial charge on any atom is 0.175 e. The number of hydrogen-bond donors (Lipinski definition) is 0. The number of nitrogens with zero attached hydrogens (tertiary/aromatic N) is 2. The minimum Gasteiger partial charge on any atom is -0.296 e. The summed E-state index contributed by atoms with van der Waals surface area (Å²) >= 11 is 0. The Labute approximate surface area is 111 Å². The molecule has 0 saturated heterocycles. The van der Waals surface area contributed by atoms with Gasteiger partial charge in [-0.1, -0.05) is 12.1 Å². The molecule has 2 aromatic rings. The molecule has 0 radical (unpaired) electrons. The molecule has 0 amide bonds. The number of sulfone groups is 1. The molecule has 2 rings (SSSR count). The number of carbonyl (C=O) groups is 1. The molecule has 0 saturated carbocycles. The first-order valence-electron chi connectivity index (χ1n) is 5.79. The molecule has 1 aromatic heterocycles. The summed E-state index contributed by atoms with van der Waals surface area (Å²) in [7, 11) is -3.20. The number of aromatic nitrogens is 2. The van der Waals surface area contributed by atoms with Gasteiger partial charge in [0.25, 0.3) is 0 Å². The minimum atomic E-state index is -3.20. The Hall–Kier alpha value is -1.95. The molecule has 0 spiro atoms. The lowest BCUT2D eigenvalue weighted by Crippen LogP contribution is -2.01. The zero-order chi connectivity index (χ0) is 14.0. The summed E-state index contributed by atoms with van der Waals surface area (Å²) in [5.41, 5.74) is 1.94. The second-order valence-corrected chi connectivity index (χ2v) is 6.20. The van der Waals surface area contributed by atoms with E-state index in [1.807, 2.05) is 6.92 Å². The SMILES string of the molecule is CCn1nc(-c2ccc(S(C)(=O)=O)cc2)cc1C=O. The third-order valence-corrected chi connectivity index (χ3v) is 3.94. The van der Waals surface area contributed by atoms with Gasteiger partial charge in [-0.15, -0.1) is 0 Å². The lowest BCUT2D eigenvalue weighted by Gasteiger charge is -2.00. The molecule has 0 aliphatic heterocycles. The smallest absolute Gasteiger partial charge is 0.175 e. The molecule has 0 unspecified atom stereocenters. The van der Waals surface area contributed by atoms with Crippen LogP contribution in [0.25, 0.3) is 11.3 Å². The number of carbonyl (C=O) groups excluding carboxylic acids is 1. The van der Waals surface area contributed by atoms with E-state index in [1.54, 1.807) is 22.9 Å². The first kappa shape index (κ1) is 13.5. The van der Waals surface area contributed by atoms with Crippen molar-refractivity contribution in [2.45, 2.75) is 18.4 Å². The molecule has 0 aliphatic carbocycles. The maximum atomic E-state index is 11.4. The zero-order valence-electron chi connectivity index (χ0n) is 10.7. The third kappa shape index (κ3) is 2.73. The van der Waals surface area contributed by atoms with E-state index in [4.69, 9.17) is 0 Å². The van der Waals surface area contributed by atoms with Crippen LogP contribution in [0.15, 0.2) is 35.2 Å². The molecule has 1 heterocycles. The van der Waals surface area contributed by atoms with Gasteiger partial charge in [0, 0.05) is 18.4 Å². The van der Waals surface area contributed by atoms with Crippen LogP contribution in [0.4, 0.5) is 0 Å². The number of aldehydes is 1. The lowest BCUT2D eigenvalue weighted by molar-refractivity contribution is 0.111. The van der Waals surface area contributed by atoms with Crippen molar-refractivity contribution in [1.29, 1.82) is 0 Å². The fraction of sp³-hybridized carbons (Fsp3) is 0.231. The normalized spacial score (nSPS) is 11.5. The number of benzene rings is 1. The van der Waals surface area contributed by atoms with Crippen LogP contribution in [-0.2, 0) is 16.4 Å². The third-order valence-electron chi connectivity index (χ3n) is 2.81. The van der Waals surface area contributed by atoms with Gasteiger partial charge in [-0.05, 0) is 25.1 Å². The standard InChI is InChI=1S/C13H14N2O3S/c1-3-15-11(9-16)8-13(14-15)10-4-6-12(7-5-10)19(2,17)18/h4-9H,3H2,1-2H3. The Morgan fingerprint density at radius 2 is 1.89 bits per heavy atom. The molecular formula is C13H14N2O3S. The summed E-state index contributed by atoms with van der Waals surface area (Å²) < 4.78 is 24.3. The molecule has 0 atom stereocenters. The summed E-state index contributed by atoms with van der Waals surface area (Å²) in [6.07, 6.45) is 1.92. The Morgan fingerprint density at radius 3 is 2.32 bits per heavy atom. The Balaban J connectivity index is 2.43. The molecule has 6 heteroatoms. The van der Waals surface area contributed by atoms with Crippen LogP contribution in [-0.4, -0.2) is 30.7 Å². The van der Waals surface area contributed by atoms with E-state index in [2.05, 4.69) is 5.10 Å². The van der Waals surface area contributed by atoms with E-state index < -0.39 is 9.84 Å². The molecule has 19 heavy (non-hydrogen) atoms. The van der Waals surface area contributed by atoms with E-state index in [0.29, 0.717) is 17.9 Å². The van der Waals surface area contributed by atoms with Crippen LogP contribution in [0.5, 0.6) is 0 Å². The molecule has 100 valence electrons. The van der Waals surface area contributed by atoms with E-state index in [0.717, 1.165) is 18.1 Å². The minimum absolute atomic E-state index is 0.266. The number of hydrogen-bond acceptors (Lipinski definition) is 4. The van der Waals surface area contributed by atoms with Crippen LogP contribution < -0.4 is 0 Å². The van der Waals surface area contributed by atoms with Crippen molar-refractivity contribution < 1.29 is 13.2 Å². The van der Waals surface area contributed by atoms with Crippen LogP contribution >= 0.6 is 0 Å². The maximum absolute atomic E-state index is 11.4. The van der Waals surface area contributed by atoms with Gasteiger partial charge < -0.3 is 0 Å².